The summed E-state index contributed by atoms with van der Waals surface area (Å²) in [5, 5.41) is 15.5. The van der Waals surface area contributed by atoms with E-state index in [1.807, 2.05) is 24.3 Å². The number of carboxylic acid groups (broad SMARTS) is 1. The zero-order valence-corrected chi connectivity index (χ0v) is 27.6. The molecule has 1 saturated carbocycles. The highest BCUT2D eigenvalue weighted by molar-refractivity contribution is 5.96. The molecule has 2 fully saturated rings. The lowest BCUT2D eigenvalue weighted by Gasteiger charge is -2.30. The molecule has 0 bridgehead atoms. The first-order valence-corrected chi connectivity index (χ1v) is 16.7. The molecule has 0 radical (unpaired) electrons. The van der Waals surface area contributed by atoms with Crippen LogP contribution in [0.1, 0.15) is 76.8 Å². The van der Waals surface area contributed by atoms with Crippen molar-refractivity contribution in [2.45, 2.75) is 108 Å². The number of carbonyl (C=O) groups is 5. The van der Waals surface area contributed by atoms with Gasteiger partial charge in [-0.3, -0.25) is 14.5 Å². The maximum absolute atomic E-state index is 14.2. The zero-order chi connectivity index (χ0) is 34.2. The number of hydrogen-bond donors (Lipinski definition) is 3. The largest absolute Gasteiger partial charge is 0.486 e. The number of fused-ring (bicyclic) bond motifs is 5. The molecule has 1 aromatic rings. The molecular weight excluding hydrogens is 624 g/mol. The Kier molecular flexibility index (Phi) is 9.18. The van der Waals surface area contributed by atoms with Crippen LogP contribution in [0.25, 0.3) is 0 Å². The maximum atomic E-state index is 14.2. The predicted molar refractivity (Wildman–Crippen MR) is 169 cm³/mol. The normalized spacial score (nSPS) is 29.2. The van der Waals surface area contributed by atoms with Crippen molar-refractivity contribution in [3.63, 3.8) is 0 Å². The van der Waals surface area contributed by atoms with Gasteiger partial charge in [-0.1, -0.05) is 31.1 Å². The molecule has 6 rings (SSSR count). The maximum Gasteiger partial charge on any atom is 0.410 e. The summed E-state index contributed by atoms with van der Waals surface area (Å²) in [6, 6.07) is 1.58. The fourth-order valence-corrected chi connectivity index (χ4v) is 6.93. The van der Waals surface area contributed by atoms with Crippen LogP contribution in [0.15, 0.2) is 24.3 Å². The molecule has 1 saturated heterocycles. The van der Waals surface area contributed by atoms with Crippen molar-refractivity contribution in [2.24, 2.45) is 5.92 Å². The van der Waals surface area contributed by atoms with E-state index in [1.165, 1.54) is 9.80 Å². The van der Waals surface area contributed by atoms with Crippen molar-refractivity contribution < 1.29 is 48.0 Å². The number of aliphatic carboxylic acids is 1. The zero-order valence-electron chi connectivity index (χ0n) is 27.6. The van der Waals surface area contributed by atoms with Gasteiger partial charge in [0, 0.05) is 24.4 Å². The molecule has 0 spiro atoms. The van der Waals surface area contributed by atoms with Gasteiger partial charge in [0.1, 0.15) is 42.5 Å². The van der Waals surface area contributed by atoms with Crippen molar-refractivity contribution >= 4 is 30.0 Å². The lowest BCUT2D eigenvalue weighted by atomic mass is 10.0. The van der Waals surface area contributed by atoms with Crippen LogP contribution in [0.4, 0.5) is 9.59 Å². The average molecular weight is 669 g/mol. The summed E-state index contributed by atoms with van der Waals surface area (Å²) in [6.07, 6.45) is 4.99. The number of carboxylic acids is 1. The fraction of sp³-hybridized carbons (Fsp3) is 0.618. The summed E-state index contributed by atoms with van der Waals surface area (Å²) >= 11 is 0. The van der Waals surface area contributed by atoms with Gasteiger partial charge in [-0.15, -0.1) is 0 Å². The van der Waals surface area contributed by atoms with E-state index in [0.29, 0.717) is 44.1 Å². The molecule has 1 aliphatic carbocycles. The summed E-state index contributed by atoms with van der Waals surface area (Å²) in [6.45, 7) is 6.45. The van der Waals surface area contributed by atoms with Gasteiger partial charge in [0.15, 0.2) is 11.5 Å². The summed E-state index contributed by atoms with van der Waals surface area (Å²) in [7, 11) is 0. The molecule has 4 aliphatic heterocycles. The van der Waals surface area contributed by atoms with Crippen LogP contribution in [-0.4, -0.2) is 94.0 Å². The van der Waals surface area contributed by atoms with Gasteiger partial charge in [0.2, 0.25) is 11.8 Å². The average Bonchev–Trinajstić information content (AvgIpc) is 3.33. The smallest absolute Gasteiger partial charge is 0.410 e. The second-order valence-electron chi connectivity index (χ2n) is 14.2. The third-order valence-electron chi connectivity index (χ3n) is 9.46. The minimum Gasteiger partial charge on any atom is -0.486 e. The van der Waals surface area contributed by atoms with Crippen LogP contribution in [0.2, 0.25) is 0 Å². The number of rotatable bonds is 3. The van der Waals surface area contributed by atoms with E-state index < -0.39 is 59.3 Å². The van der Waals surface area contributed by atoms with Crippen LogP contribution in [0.5, 0.6) is 11.5 Å². The number of hydrogen-bond acceptors (Lipinski definition) is 9. The molecule has 0 unspecified atom stereocenters. The van der Waals surface area contributed by atoms with Crippen LogP contribution in [0.3, 0.4) is 0 Å². The lowest BCUT2D eigenvalue weighted by molar-refractivity contribution is -0.145. The molecular formula is C34H44N4O10. The van der Waals surface area contributed by atoms with Gasteiger partial charge >= 0.3 is 18.2 Å². The predicted octanol–water partition coefficient (Wildman–Crippen LogP) is 3.25. The monoisotopic (exact) mass is 668 g/mol. The van der Waals surface area contributed by atoms with Crippen molar-refractivity contribution in [1.82, 2.24) is 20.4 Å². The number of nitrogens with zero attached hydrogens (tertiary/aromatic N) is 2. The molecule has 0 aromatic heterocycles. The standard InChI is InChI=1S/C34H44N4O10/c1-33(2,3)48-31(43)35-24-10-8-6-4-5-7-9-21-16-34(21,30(41)42)36-28(39)25-15-22(18-38(25)29(24)40)47-32(44)37-17-20-11-12-26-27(23(20)19-37)46-14-13-45-26/h7,9,11-12,21-22,24-25H,4-6,8,10,13-19H2,1-3H3,(H,35,43)(H,36,39)(H,41,42)/b9-7-/t21-,22-,24+,25+,34-/m1/s1. The Labute approximate surface area is 279 Å². The van der Waals surface area contributed by atoms with E-state index in [9.17, 15) is 29.1 Å². The number of benzene rings is 1. The van der Waals surface area contributed by atoms with E-state index in [0.717, 1.165) is 30.4 Å². The van der Waals surface area contributed by atoms with Gasteiger partial charge in [-0.25, -0.2) is 14.4 Å². The molecule has 1 aromatic carbocycles. The van der Waals surface area contributed by atoms with E-state index in [2.05, 4.69) is 10.6 Å². The van der Waals surface area contributed by atoms with E-state index in [-0.39, 0.29) is 31.8 Å². The highest BCUT2D eigenvalue weighted by atomic mass is 16.6. The molecule has 14 nitrogen and oxygen atoms in total. The molecule has 14 heteroatoms. The van der Waals surface area contributed by atoms with E-state index in [1.54, 1.807) is 20.8 Å². The number of allylic oxidation sites excluding steroid dienone is 1. The lowest BCUT2D eigenvalue weighted by Crippen LogP contribution is -2.56. The molecule has 3 N–H and O–H groups in total. The Morgan fingerprint density at radius 3 is 2.65 bits per heavy atom. The third-order valence-corrected chi connectivity index (χ3v) is 9.46. The van der Waals surface area contributed by atoms with E-state index >= 15 is 0 Å². The quantitative estimate of drug-likeness (QED) is 0.406. The number of ether oxygens (including phenoxy) is 4. The van der Waals surface area contributed by atoms with Gasteiger partial charge in [-0.2, -0.15) is 0 Å². The first-order valence-electron chi connectivity index (χ1n) is 16.7. The third kappa shape index (κ3) is 7.02. The summed E-state index contributed by atoms with van der Waals surface area (Å²) in [5.41, 5.74) is -0.514. The van der Waals surface area contributed by atoms with Gasteiger partial charge < -0.3 is 39.6 Å². The second-order valence-corrected chi connectivity index (χ2v) is 14.2. The topological polar surface area (TPSA) is 173 Å². The second kappa shape index (κ2) is 13.2. The minimum absolute atomic E-state index is 0.0359. The molecule has 4 amide bonds. The van der Waals surface area contributed by atoms with E-state index in [4.69, 9.17) is 18.9 Å². The highest BCUT2D eigenvalue weighted by Crippen LogP contribution is 2.45. The molecule has 5 aliphatic rings. The SMILES string of the molecule is CC(C)(C)OC(=O)N[C@H]1CCCCC/C=C\[C@@H]2C[C@@]2(C(=O)O)NC(=O)[C@@H]2C[C@@H](OC(=O)N3Cc4ccc5c(c4C3)OCCO5)CN2C1=O. The molecule has 48 heavy (non-hydrogen) atoms. The van der Waals surface area contributed by atoms with Gasteiger partial charge in [0.05, 0.1) is 13.1 Å². The van der Waals surface area contributed by atoms with Crippen LogP contribution >= 0.6 is 0 Å². The number of carbonyl (C=O) groups excluding carboxylic acids is 4. The minimum atomic E-state index is -1.47. The first kappa shape index (κ1) is 33.4. The molecule has 5 atom stereocenters. The number of nitrogens with one attached hydrogen (secondary N) is 2. The van der Waals surface area contributed by atoms with Crippen LogP contribution in [0, 0.1) is 5.92 Å². The van der Waals surface area contributed by atoms with Crippen molar-refractivity contribution in [3.05, 3.63) is 35.4 Å². The van der Waals surface area contributed by atoms with Crippen molar-refractivity contribution in [2.75, 3.05) is 19.8 Å². The summed E-state index contributed by atoms with van der Waals surface area (Å²) < 4.78 is 22.8. The van der Waals surface area contributed by atoms with Crippen LogP contribution < -0.4 is 20.1 Å². The number of alkyl carbamates (subject to hydrolysis) is 1. The van der Waals surface area contributed by atoms with Gasteiger partial charge in [-0.05, 0) is 58.1 Å². The Balaban J connectivity index is 1.21. The van der Waals surface area contributed by atoms with Crippen molar-refractivity contribution in [3.8, 4) is 11.5 Å². The Bertz CT molecular complexity index is 1500. The van der Waals surface area contributed by atoms with Gasteiger partial charge in [0.25, 0.3) is 0 Å². The summed E-state index contributed by atoms with van der Waals surface area (Å²) in [4.78, 5) is 69.4. The Morgan fingerprint density at radius 1 is 1.08 bits per heavy atom. The molecule has 260 valence electrons. The Hall–Kier alpha value is -4.49. The first-order chi connectivity index (χ1) is 22.8. The fourth-order valence-electron chi connectivity index (χ4n) is 6.93. The Morgan fingerprint density at radius 2 is 1.88 bits per heavy atom. The van der Waals surface area contributed by atoms with Crippen molar-refractivity contribution in [1.29, 1.82) is 0 Å². The summed E-state index contributed by atoms with van der Waals surface area (Å²) in [5.74, 6) is -1.45. The highest BCUT2D eigenvalue weighted by Gasteiger charge is 2.61. The van der Waals surface area contributed by atoms with Crippen LogP contribution in [-0.2, 0) is 36.9 Å². The molecule has 4 heterocycles. The number of amides is 4.